The van der Waals surface area contributed by atoms with Gasteiger partial charge in [-0.05, 0) is 52.4 Å². The van der Waals surface area contributed by atoms with Crippen LogP contribution in [0.15, 0.2) is 0 Å². The summed E-state index contributed by atoms with van der Waals surface area (Å²) in [5.74, 6) is 3.73. The molecule has 0 aromatic heterocycles. The van der Waals surface area contributed by atoms with Gasteiger partial charge in [-0.1, -0.05) is 0 Å². The molecule has 1 unspecified atom stereocenters. The molecule has 0 fully saturated rings. The van der Waals surface area contributed by atoms with Crippen molar-refractivity contribution < 1.29 is 0 Å². The van der Waals surface area contributed by atoms with Crippen molar-refractivity contribution in [3.63, 3.8) is 0 Å². The van der Waals surface area contributed by atoms with Gasteiger partial charge in [0.05, 0.1) is 5.37 Å². The van der Waals surface area contributed by atoms with Crippen LogP contribution in [0.3, 0.4) is 0 Å². The summed E-state index contributed by atoms with van der Waals surface area (Å²) >= 11 is 4.04. The van der Waals surface area contributed by atoms with Gasteiger partial charge in [0, 0.05) is 5.88 Å². The number of nitrogens with zero attached hydrogens (tertiary/aromatic N) is 1. The minimum absolute atomic E-state index is 0.601. The molecule has 4 heteroatoms. The summed E-state index contributed by atoms with van der Waals surface area (Å²) < 4.78 is 0. The summed E-state index contributed by atoms with van der Waals surface area (Å²) in [6, 6.07) is 0. The Morgan fingerprint density at radius 2 is 1.86 bits per heavy atom. The number of nitrogens with one attached hydrogen (secondary N) is 1. The van der Waals surface area contributed by atoms with Crippen LogP contribution in [0.5, 0.6) is 0 Å². The average molecular weight is 236 g/mol. The second-order valence-corrected chi connectivity index (χ2v) is 6.15. The van der Waals surface area contributed by atoms with Crippen molar-refractivity contribution in [3.8, 4) is 0 Å². The van der Waals surface area contributed by atoms with Crippen molar-refractivity contribution in [1.29, 1.82) is 0 Å². The zero-order valence-corrected chi connectivity index (χ0v) is 11.5. The van der Waals surface area contributed by atoms with Gasteiger partial charge in [0.2, 0.25) is 0 Å². The minimum atomic E-state index is 0.601. The summed E-state index contributed by atoms with van der Waals surface area (Å²) in [5, 5.41) is 3.83. The van der Waals surface area contributed by atoms with Crippen molar-refractivity contribution in [1.82, 2.24) is 10.2 Å². The molecule has 0 aromatic carbocycles. The molecule has 0 aliphatic rings. The van der Waals surface area contributed by atoms with Gasteiger partial charge in [-0.2, -0.15) is 0 Å². The van der Waals surface area contributed by atoms with E-state index in [-0.39, 0.29) is 0 Å². The minimum Gasteiger partial charge on any atom is -0.309 e. The fourth-order valence-corrected chi connectivity index (χ4v) is 2.69. The van der Waals surface area contributed by atoms with E-state index in [2.05, 4.69) is 31.2 Å². The molecule has 14 heavy (non-hydrogen) atoms. The molecule has 1 atom stereocenters. The summed E-state index contributed by atoms with van der Waals surface area (Å²) in [6.07, 6.45) is 2.69. The van der Waals surface area contributed by atoms with E-state index >= 15 is 0 Å². The van der Waals surface area contributed by atoms with Gasteiger partial charge >= 0.3 is 0 Å². The molecule has 0 spiro atoms. The highest BCUT2D eigenvalue weighted by Gasteiger charge is 1.97. The first kappa shape index (κ1) is 14.6. The van der Waals surface area contributed by atoms with Gasteiger partial charge in [0.25, 0.3) is 0 Å². The van der Waals surface area contributed by atoms with E-state index in [9.17, 15) is 0 Å². The van der Waals surface area contributed by atoms with E-state index in [4.69, 9.17) is 0 Å². The Bertz CT molecular complexity index is 121. The summed E-state index contributed by atoms with van der Waals surface area (Å²) in [5.41, 5.74) is 0. The van der Waals surface area contributed by atoms with E-state index in [1.54, 1.807) is 0 Å². The van der Waals surface area contributed by atoms with E-state index in [1.807, 2.05) is 30.6 Å². The first-order valence-electron chi connectivity index (χ1n) is 5.18. The molecule has 0 bridgehead atoms. The molecule has 0 amide bonds. The van der Waals surface area contributed by atoms with Crippen LogP contribution in [0.25, 0.3) is 0 Å². The zero-order chi connectivity index (χ0) is 10.8. The molecule has 86 valence electrons. The molecule has 0 aliphatic heterocycles. The number of hydrogen-bond donors (Lipinski definition) is 1. The Morgan fingerprint density at radius 1 is 1.21 bits per heavy atom. The third kappa shape index (κ3) is 10.7. The number of thioether (sulfide) groups is 2. The van der Waals surface area contributed by atoms with Crippen LogP contribution in [0.2, 0.25) is 0 Å². The third-order valence-electron chi connectivity index (χ3n) is 1.81. The maximum Gasteiger partial charge on any atom is 0.0501 e. The topological polar surface area (TPSA) is 15.3 Å². The largest absolute Gasteiger partial charge is 0.309 e. The van der Waals surface area contributed by atoms with Crippen LogP contribution in [0.4, 0.5) is 0 Å². The molecule has 0 heterocycles. The van der Waals surface area contributed by atoms with E-state index in [1.165, 1.54) is 24.3 Å². The van der Waals surface area contributed by atoms with Crippen LogP contribution < -0.4 is 5.32 Å². The zero-order valence-electron chi connectivity index (χ0n) is 9.88. The van der Waals surface area contributed by atoms with Crippen LogP contribution in [0.1, 0.15) is 19.8 Å². The number of rotatable bonds is 9. The lowest BCUT2D eigenvalue weighted by Gasteiger charge is -2.10. The molecule has 0 rings (SSSR count). The van der Waals surface area contributed by atoms with E-state index in [0.29, 0.717) is 5.37 Å². The molecule has 0 saturated carbocycles. The highest BCUT2D eigenvalue weighted by atomic mass is 32.2. The van der Waals surface area contributed by atoms with Crippen LogP contribution in [0, 0.1) is 0 Å². The van der Waals surface area contributed by atoms with Gasteiger partial charge < -0.3 is 10.2 Å². The standard InChI is InChI=1S/C10H24N2S2/c1-10(11-2)14-8-6-5-7-13-9-12(3)4/h10-11H,5-9H2,1-4H3. The van der Waals surface area contributed by atoms with Gasteiger partial charge in [-0.3, -0.25) is 0 Å². The highest BCUT2D eigenvalue weighted by Crippen LogP contribution is 2.12. The molecular weight excluding hydrogens is 212 g/mol. The number of unbranched alkanes of at least 4 members (excludes halogenated alkanes) is 1. The SMILES string of the molecule is CNC(C)SCCCCSCN(C)C. The van der Waals surface area contributed by atoms with E-state index in [0.717, 1.165) is 5.88 Å². The monoisotopic (exact) mass is 236 g/mol. The van der Waals surface area contributed by atoms with Crippen molar-refractivity contribution in [2.24, 2.45) is 0 Å². The van der Waals surface area contributed by atoms with Crippen LogP contribution >= 0.6 is 23.5 Å². The van der Waals surface area contributed by atoms with E-state index < -0.39 is 0 Å². The molecule has 2 nitrogen and oxygen atoms in total. The molecule has 0 aromatic rings. The highest BCUT2D eigenvalue weighted by molar-refractivity contribution is 7.99. The van der Waals surface area contributed by atoms with Gasteiger partial charge in [0.1, 0.15) is 0 Å². The average Bonchev–Trinajstić information content (AvgIpc) is 2.15. The molecule has 0 saturated heterocycles. The first-order chi connectivity index (χ1) is 6.66. The quantitative estimate of drug-likeness (QED) is 0.488. The third-order valence-corrected chi connectivity index (χ3v) is 4.34. The summed E-state index contributed by atoms with van der Waals surface area (Å²) in [7, 11) is 6.26. The van der Waals surface area contributed by atoms with Crippen LogP contribution in [-0.4, -0.2) is 48.8 Å². The normalized spacial score (nSPS) is 13.5. The van der Waals surface area contributed by atoms with Gasteiger partial charge in [0.15, 0.2) is 0 Å². The predicted octanol–water partition coefficient (Wildman–Crippen LogP) is 2.32. The summed E-state index contributed by atoms with van der Waals surface area (Å²) in [4.78, 5) is 2.22. The predicted molar refractivity (Wildman–Crippen MR) is 71.2 cm³/mol. The maximum absolute atomic E-state index is 3.23. The van der Waals surface area contributed by atoms with Crippen molar-refractivity contribution in [2.45, 2.75) is 25.1 Å². The first-order valence-corrected chi connectivity index (χ1v) is 7.38. The Kier molecular flexibility index (Phi) is 10.6. The lowest BCUT2D eigenvalue weighted by atomic mass is 10.4. The van der Waals surface area contributed by atoms with Crippen molar-refractivity contribution in [3.05, 3.63) is 0 Å². The van der Waals surface area contributed by atoms with Gasteiger partial charge in [-0.15, -0.1) is 23.5 Å². The maximum atomic E-state index is 3.23. The summed E-state index contributed by atoms with van der Waals surface area (Å²) in [6.45, 7) is 2.21. The van der Waals surface area contributed by atoms with Crippen molar-refractivity contribution >= 4 is 23.5 Å². The second kappa shape index (κ2) is 10.1. The fourth-order valence-electron chi connectivity index (χ4n) is 0.897. The second-order valence-electron chi connectivity index (χ2n) is 3.63. The Hall–Kier alpha value is 0.620. The molecule has 0 aliphatic carbocycles. The van der Waals surface area contributed by atoms with Crippen LogP contribution in [-0.2, 0) is 0 Å². The molecule has 1 N–H and O–H groups in total. The Labute approximate surface area is 97.6 Å². The fraction of sp³-hybridized carbons (Fsp3) is 1.00. The molecular formula is C10H24N2S2. The lowest BCUT2D eigenvalue weighted by Crippen LogP contribution is -2.17. The lowest BCUT2D eigenvalue weighted by molar-refractivity contribution is 0.485. The smallest absolute Gasteiger partial charge is 0.0501 e. The Balaban J connectivity index is 2.99. The Morgan fingerprint density at radius 3 is 2.43 bits per heavy atom. The number of hydrogen-bond acceptors (Lipinski definition) is 4. The molecule has 0 radical (unpaired) electrons. The van der Waals surface area contributed by atoms with Crippen molar-refractivity contribution in [2.75, 3.05) is 38.5 Å². The van der Waals surface area contributed by atoms with Gasteiger partial charge in [-0.25, -0.2) is 0 Å².